The predicted molar refractivity (Wildman–Crippen MR) is 154 cm³/mol. The summed E-state index contributed by atoms with van der Waals surface area (Å²) < 4.78 is 41.5. The number of rotatable bonds is 6. The number of halogens is 2. The summed E-state index contributed by atoms with van der Waals surface area (Å²) >= 11 is 1.44. The fourth-order valence-corrected chi connectivity index (χ4v) is 5.76. The summed E-state index contributed by atoms with van der Waals surface area (Å²) in [6.45, 7) is 7.06. The van der Waals surface area contributed by atoms with Crippen LogP contribution in [0.4, 0.5) is 13.6 Å². The highest BCUT2D eigenvalue weighted by Gasteiger charge is 2.34. The maximum atomic E-state index is 14.6. The summed E-state index contributed by atoms with van der Waals surface area (Å²) in [4.78, 5) is 34.5. The predicted octanol–water partition coefficient (Wildman–Crippen LogP) is 4.24. The van der Waals surface area contributed by atoms with Crippen molar-refractivity contribution in [1.29, 1.82) is 0 Å². The summed E-state index contributed by atoms with van der Waals surface area (Å²) in [5, 5.41) is 7.59. The van der Waals surface area contributed by atoms with Crippen LogP contribution in [-0.4, -0.2) is 93.3 Å². The molecule has 5 rings (SSSR count). The van der Waals surface area contributed by atoms with Crippen LogP contribution in [0.2, 0.25) is 0 Å². The number of fused-ring (bicyclic) bond motifs is 1. The van der Waals surface area contributed by atoms with Gasteiger partial charge >= 0.3 is 6.09 Å². The Bertz CT molecular complexity index is 1450. The number of nitrogens with one attached hydrogen (secondary N) is 1. The highest BCUT2D eigenvalue weighted by atomic mass is 32.2. The Hall–Kier alpha value is -3.29. The lowest BCUT2D eigenvalue weighted by molar-refractivity contribution is 0.0237. The molecule has 3 aromatic rings. The highest BCUT2D eigenvalue weighted by Crippen LogP contribution is 2.36. The fourth-order valence-electron chi connectivity index (χ4n) is 5.27. The molecule has 1 N–H and O–H groups in total. The number of ether oxygens (including phenoxy) is 2. The number of hydrogen-bond acceptors (Lipinski definition) is 8. The van der Waals surface area contributed by atoms with Gasteiger partial charge in [-0.15, -0.1) is 11.8 Å². The number of likely N-dealkylation sites (tertiary alicyclic amines) is 1. The summed E-state index contributed by atoms with van der Waals surface area (Å²) in [5.74, 6) is -0.764. The number of amides is 2. The smallest absolute Gasteiger partial charge is 0.410 e. The molecule has 2 aromatic heterocycles. The van der Waals surface area contributed by atoms with E-state index in [9.17, 15) is 18.4 Å². The molecule has 1 unspecified atom stereocenters. The molecule has 0 spiro atoms. The number of nitrogens with zero attached hydrogens (tertiary/aromatic N) is 5. The molecule has 226 valence electrons. The number of thioether (sulfide) groups is 1. The Morgan fingerprint density at radius 2 is 2.02 bits per heavy atom. The Balaban J connectivity index is 1.31. The van der Waals surface area contributed by atoms with Gasteiger partial charge in [-0.25, -0.2) is 23.1 Å². The molecule has 2 aliphatic heterocycles. The molecule has 0 radical (unpaired) electrons. The van der Waals surface area contributed by atoms with Crippen molar-refractivity contribution in [3.05, 3.63) is 59.3 Å². The van der Waals surface area contributed by atoms with E-state index in [0.717, 1.165) is 10.5 Å². The van der Waals surface area contributed by atoms with E-state index in [1.54, 1.807) is 32.9 Å². The lowest BCUT2D eigenvalue weighted by atomic mass is 10.0. The maximum Gasteiger partial charge on any atom is 0.410 e. The van der Waals surface area contributed by atoms with Gasteiger partial charge in [0.1, 0.15) is 23.3 Å². The molecule has 2 saturated heterocycles. The molecule has 42 heavy (non-hydrogen) atoms. The number of carbonyl (C=O) groups is 2. The van der Waals surface area contributed by atoms with Gasteiger partial charge in [0, 0.05) is 37.1 Å². The lowest BCUT2D eigenvalue weighted by Gasteiger charge is -2.28. The first-order valence-corrected chi connectivity index (χ1v) is 15.1. The average molecular weight is 603 g/mol. The standard InChI is InChI=1S/C29H36F2N6O4S/c1-29(2,3)41-28(39)35-7-8-40-17-22(16-35)33-27(38)25-13-32-26-6-5-21(34-37(25)26)15-36-14-20(31)12-24(36)18-9-19(30)11-23(10-18)42-4/h5-6,9-11,13,20,22,24H,7-8,12,14-17H2,1-4H3,(H,33,38)/t20-,22?,24+/m0/s1. The second-order valence-corrected chi connectivity index (χ2v) is 12.5. The van der Waals surface area contributed by atoms with Crippen LogP contribution in [0.1, 0.15) is 55.0 Å². The number of hydrogen-bond donors (Lipinski definition) is 1. The monoisotopic (exact) mass is 602 g/mol. The molecule has 2 amide bonds. The Morgan fingerprint density at radius 3 is 2.79 bits per heavy atom. The van der Waals surface area contributed by atoms with E-state index in [1.165, 1.54) is 39.5 Å². The number of benzene rings is 1. The summed E-state index contributed by atoms with van der Waals surface area (Å²) in [6, 6.07) is 7.62. The first-order chi connectivity index (χ1) is 20.0. The maximum absolute atomic E-state index is 14.6. The number of imidazole rings is 1. The molecule has 3 atom stereocenters. The van der Waals surface area contributed by atoms with E-state index >= 15 is 0 Å². The van der Waals surface area contributed by atoms with E-state index in [-0.39, 0.29) is 43.7 Å². The topological polar surface area (TPSA) is 101 Å². The lowest BCUT2D eigenvalue weighted by Crippen LogP contribution is -2.47. The second-order valence-electron chi connectivity index (χ2n) is 11.6. The van der Waals surface area contributed by atoms with Crippen LogP contribution in [0.25, 0.3) is 5.65 Å². The normalized spacial score (nSPS) is 21.9. The third-order valence-electron chi connectivity index (χ3n) is 7.13. The van der Waals surface area contributed by atoms with Crippen molar-refractivity contribution in [3.8, 4) is 0 Å². The molecule has 13 heteroatoms. The van der Waals surface area contributed by atoms with Gasteiger partial charge in [-0.3, -0.25) is 9.69 Å². The van der Waals surface area contributed by atoms with Gasteiger partial charge in [-0.2, -0.15) is 5.10 Å². The van der Waals surface area contributed by atoms with Crippen molar-refractivity contribution in [2.45, 2.75) is 62.5 Å². The third-order valence-corrected chi connectivity index (χ3v) is 7.84. The molecule has 2 aliphatic rings. The van der Waals surface area contributed by atoms with E-state index in [2.05, 4.69) is 15.4 Å². The van der Waals surface area contributed by atoms with Gasteiger partial charge in [0.15, 0.2) is 5.65 Å². The van der Waals surface area contributed by atoms with Gasteiger partial charge < -0.3 is 19.7 Å². The van der Waals surface area contributed by atoms with Crippen molar-refractivity contribution >= 4 is 29.4 Å². The zero-order valence-corrected chi connectivity index (χ0v) is 25.0. The second kappa shape index (κ2) is 12.5. The minimum absolute atomic E-state index is 0.197. The summed E-state index contributed by atoms with van der Waals surface area (Å²) in [5.41, 5.74) is 1.40. The molecule has 4 heterocycles. The molecule has 2 fully saturated rings. The number of alkyl halides is 1. The van der Waals surface area contributed by atoms with Gasteiger partial charge in [-0.1, -0.05) is 0 Å². The molecule has 1 aromatic carbocycles. The van der Waals surface area contributed by atoms with Gasteiger partial charge in [0.2, 0.25) is 0 Å². The van der Waals surface area contributed by atoms with Crippen molar-refractivity contribution in [3.63, 3.8) is 0 Å². The minimum atomic E-state index is -1.05. The van der Waals surface area contributed by atoms with Crippen LogP contribution < -0.4 is 5.32 Å². The Morgan fingerprint density at radius 1 is 1.21 bits per heavy atom. The number of aromatic nitrogens is 3. The van der Waals surface area contributed by atoms with Crippen molar-refractivity contribution < 1.29 is 27.8 Å². The molecular weight excluding hydrogens is 566 g/mol. The van der Waals surface area contributed by atoms with E-state index < -0.39 is 29.8 Å². The van der Waals surface area contributed by atoms with Crippen LogP contribution in [0.5, 0.6) is 0 Å². The Kier molecular flexibility index (Phi) is 9.00. The molecule has 0 aliphatic carbocycles. The quantitative estimate of drug-likeness (QED) is 0.419. The van der Waals surface area contributed by atoms with Crippen LogP contribution in [0.3, 0.4) is 0 Å². The van der Waals surface area contributed by atoms with E-state index in [1.807, 2.05) is 17.2 Å². The third kappa shape index (κ3) is 7.19. The van der Waals surface area contributed by atoms with E-state index in [4.69, 9.17) is 9.47 Å². The first-order valence-electron chi connectivity index (χ1n) is 13.9. The van der Waals surface area contributed by atoms with Crippen LogP contribution in [0, 0.1) is 5.82 Å². The van der Waals surface area contributed by atoms with Gasteiger partial charge in [0.25, 0.3) is 5.91 Å². The molecule has 0 bridgehead atoms. The first kappa shape index (κ1) is 30.2. The largest absolute Gasteiger partial charge is 0.444 e. The van der Waals surface area contributed by atoms with Crippen LogP contribution in [-0.2, 0) is 16.0 Å². The summed E-state index contributed by atoms with van der Waals surface area (Å²) in [6.07, 6.45) is 2.07. The van der Waals surface area contributed by atoms with Crippen molar-refractivity contribution in [2.75, 3.05) is 39.1 Å². The van der Waals surface area contributed by atoms with Crippen molar-refractivity contribution in [2.24, 2.45) is 0 Å². The van der Waals surface area contributed by atoms with Gasteiger partial charge in [-0.05, 0) is 69.3 Å². The molecular formula is C29H36F2N6O4S. The summed E-state index contributed by atoms with van der Waals surface area (Å²) in [7, 11) is 0. The SMILES string of the molecule is CSc1cc(F)cc([C@H]2C[C@H](F)CN2Cc2ccc3ncc(C(=O)NC4COCCN(C(=O)OC(C)(C)C)C4)n3n2)c1. The van der Waals surface area contributed by atoms with E-state index in [0.29, 0.717) is 31.0 Å². The van der Waals surface area contributed by atoms with Crippen LogP contribution in [0.15, 0.2) is 41.4 Å². The number of carbonyl (C=O) groups excluding carboxylic acids is 2. The molecule has 0 saturated carbocycles. The zero-order chi connectivity index (χ0) is 30.0. The molecule has 10 nitrogen and oxygen atoms in total. The van der Waals surface area contributed by atoms with Crippen LogP contribution >= 0.6 is 11.8 Å². The van der Waals surface area contributed by atoms with Crippen molar-refractivity contribution in [1.82, 2.24) is 29.7 Å². The van der Waals surface area contributed by atoms with Gasteiger partial charge in [0.05, 0.1) is 31.1 Å². The average Bonchev–Trinajstić information content (AvgIpc) is 3.42. The minimum Gasteiger partial charge on any atom is -0.444 e. The highest BCUT2D eigenvalue weighted by molar-refractivity contribution is 7.98. The Labute approximate surface area is 247 Å². The zero-order valence-electron chi connectivity index (χ0n) is 24.2. The fraction of sp³-hybridized carbons (Fsp3) is 0.517.